The summed E-state index contributed by atoms with van der Waals surface area (Å²) in [7, 11) is 1.61. The number of hydrogen-bond acceptors (Lipinski definition) is 4. The topological polar surface area (TPSA) is 76.4 Å². The van der Waals surface area contributed by atoms with E-state index in [2.05, 4.69) is 37.5 Å². The van der Waals surface area contributed by atoms with E-state index in [1.807, 2.05) is 11.6 Å². The molecule has 1 unspecified atom stereocenters. The maximum Gasteiger partial charge on any atom is 0.416 e. The third-order valence-electron chi connectivity index (χ3n) is 4.60. The lowest BCUT2D eigenvalue weighted by molar-refractivity contribution is -0.137. The first-order valence-electron chi connectivity index (χ1n) is 10.0. The fraction of sp³-hybridized carbons (Fsp3) is 0.476. The van der Waals surface area contributed by atoms with Crippen molar-refractivity contribution in [2.45, 2.75) is 45.1 Å². The molecule has 2 aromatic rings. The van der Waals surface area contributed by atoms with Gasteiger partial charge in [0, 0.05) is 31.7 Å². The lowest BCUT2D eigenvalue weighted by Gasteiger charge is -2.25. The second kappa shape index (κ2) is 12.1. The number of aliphatic imine (C=N–C) groups is 1. The van der Waals surface area contributed by atoms with Crippen LogP contribution < -0.4 is 10.6 Å². The summed E-state index contributed by atoms with van der Waals surface area (Å²) < 4.78 is 45.4. The monoisotopic (exact) mass is 562 g/mol. The van der Waals surface area contributed by atoms with Crippen LogP contribution >= 0.6 is 24.0 Å². The Morgan fingerprint density at radius 1 is 1.38 bits per heavy atom. The molecule has 0 saturated heterocycles. The molecule has 3 rings (SSSR count). The number of methoxy groups -OCH3 is 1. The van der Waals surface area contributed by atoms with Crippen LogP contribution in [0.25, 0.3) is 0 Å². The number of benzene rings is 1. The molecule has 1 aliphatic heterocycles. The number of rotatable bonds is 5. The first-order valence-corrected chi connectivity index (χ1v) is 10.0. The highest BCUT2D eigenvalue weighted by atomic mass is 127. The maximum atomic E-state index is 12.8. The lowest BCUT2D eigenvalue weighted by Crippen LogP contribution is -2.47. The minimum Gasteiger partial charge on any atom is -0.377 e. The molecule has 0 radical (unpaired) electrons. The van der Waals surface area contributed by atoms with E-state index in [4.69, 9.17) is 4.74 Å². The Kier molecular flexibility index (Phi) is 9.77. The van der Waals surface area contributed by atoms with Crippen molar-refractivity contribution in [2.75, 3.05) is 20.2 Å². The summed E-state index contributed by atoms with van der Waals surface area (Å²) in [5.41, 5.74) is -0.405. The Balaban J connectivity index is 0.00000363. The zero-order valence-corrected chi connectivity index (χ0v) is 20.2. The number of ether oxygens (including phenoxy) is 1. The van der Waals surface area contributed by atoms with Crippen LogP contribution in [0.15, 0.2) is 29.3 Å². The number of nitrogens with one attached hydrogen (secondary N) is 2. The van der Waals surface area contributed by atoms with E-state index in [0.717, 1.165) is 30.8 Å². The molecule has 0 saturated carbocycles. The second-order valence-electron chi connectivity index (χ2n) is 7.01. The van der Waals surface area contributed by atoms with Gasteiger partial charge in [0.1, 0.15) is 19.0 Å². The number of aromatic nitrogens is 3. The average Bonchev–Trinajstić information content (AvgIpc) is 3.13. The highest BCUT2D eigenvalue weighted by Crippen LogP contribution is 2.29. The van der Waals surface area contributed by atoms with Crippen LogP contribution in [0.4, 0.5) is 13.2 Å². The fourth-order valence-electron chi connectivity index (χ4n) is 3.22. The van der Waals surface area contributed by atoms with Gasteiger partial charge in [0.2, 0.25) is 0 Å². The molecule has 2 N–H and O–H groups in total. The number of halogens is 4. The zero-order chi connectivity index (χ0) is 22.3. The predicted molar refractivity (Wildman–Crippen MR) is 126 cm³/mol. The number of nitrogens with zero attached hydrogens (tertiary/aromatic N) is 4. The van der Waals surface area contributed by atoms with Gasteiger partial charge in [-0.2, -0.15) is 18.3 Å². The highest BCUT2D eigenvalue weighted by Gasteiger charge is 2.30. The third kappa shape index (κ3) is 7.37. The number of guanidine groups is 1. The summed E-state index contributed by atoms with van der Waals surface area (Å²) in [5, 5.41) is 11.0. The zero-order valence-electron chi connectivity index (χ0n) is 17.9. The molecule has 11 heteroatoms. The third-order valence-corrected chi connectivity index (χ3v) is 4.60. The van der Waals surface area contributed by atoms with Crippen LogP contribution in [0.1, 0.15) is 36.1 Å². The van der Waals surface area contributed by atoms with Crippen molar-refractivity contribution in [3.63, 3.8) is 0 Å². The van der Waals surface area contributed by atoms with Gasteiger partial charge in [0.25, 0.3) is 0 Å². The Labute approximate surface area is 202 Å². The molecule has 1 aromatic heterocycles. The minimum absolute atomic E-state index is 0. The van der Waals surface area contributed by atoms with Gasteiger partial charge >= 0.3 is 6.18 Å². The van der Waals surface area contributed by atoms with Crippen molar-refractivity contribution in [2.24, 2.45) is 4.99 Å². The molecule has 1 aromatic carbocycles. The second-order valence-corrected chi connectivity index (χ2v) is 7.01. The highest BCUT2D eigenvalue weighted by molar-refractivity contribution is 14.0. The van der Waals surface area contributed by atoms with Gasteiger partial charge in [-0.1, -0.05) is 17.9 Å². The average molecular weight is 562 g/mol. The summed E-state index contributed by atoms with van der Waals surface area (Å²) in [6.45, 7) is 3.83. The molecule has 0 fully saturated rings. The van der Waals surface area contributed by atoms with E-state index in [9.17, 15) is 13.2 Å². The van der Waals surface area contributed by atoms with E-state index in [1.54, 1.807) is 13.2 Å². The summed E-state index contributed by atoms with van der Waals surface area (Å²) in [5.74, 6) is 7.77. The largest absolute Gasteiger partial charge is 0.416 e. The van der Waals surface area contributed by atoms with Gasteiger partial charge in [0.15, 0.2) is 11.8 Å². The molecule has 1 atom stereocenters. The van der Waals surface area contributed by atoms with Crippen molar-refractivity contribution in [3.8, 4) is 11.8 Å². The Hall–Kier alpha value is -2.33. The predicted octanol–water partition coefficient (Wildman–Crippen LogP) is 2.98. The number of hydrogen-bond donors (Lipinski definition) is 2. The van der Waals surface area contributed by atoms with Crippen molar-refractivity contribution in [1.82, 2.24) is 25.4 Å². The number of aryl methyl sites for hydroxylation is 1. The van der Waals surface area contributed by atoms with E-state index < -0.39 is 11.7 Å². The van der Waals surface area contributed by atoms with Crippen molar-refractivity contribution >= 4 is 29.9 Å². The number of fused-ring (bicyclic) bond motifs is 1. The lowest BCUT2D eigenvalue weighted by atomic mass is 10.1. The SMILES string of the molecule is CCNC(=NCC#Cc1cccc(C(F)(F)F)c1)NC1CCc2nc(COC)nn2C1.I. The van der Waals surface area contributed by atoms with E-state index in [-0.39, 0.29) is 36.6 Å². The molecule has 174 valence electrons. The van der Waals surface area contributed by atoms with Gasteiger partial charge in [-0.3, -0.25) is 0 Å². The van der Waals surface area contributed by atoms with Crippen LogP contribution in [0, 0.1) is 11.8 Å². The molecule has 0 bridgehead atoms. The van der Waals surface area contributed by atoms with Gasteiger partial charge in [-0.25, -0.2) is 14.7 Å². The molecule has 2 heterocycles. The molecule has 0 aliphatic carbocycles. The normalized spacial score (nSPS) is 15.8. The van der Waals surface area contributed by atoms with E-state index >= 15 is 0 Å². The van der Waals surface area contributed by atoms with Crippen molar-refractivity contribution in [3.05, 3.63) is 47.0 Å². The summed E-state index contributed by atoms with van der Waals surface area (Å²) in [6.07, 6.45) is -2.71. The van der Waals surface area contributed by atoms with Crippen LogP contribution in [0.5, 0.6) is 0 Å². The molecule has 7 nitrogen and oxygen atoms in total. The summed E-state index contributed by atoms with van der Waals surface area (Å²) >= 11 is 0. The summed E-state index contributed by atoms with van der Waals surface area (Å²) in [4.78, 5) is 8.88. The molecule has 0 spiro atoms. The van der Waals surface area contributed by atoms with Crippen LogP contribution in [0.2, 0.25) is 0 Å². The van der Waals surface area contributed by atoms with Crippen molar-refractivity contribution in [1.29, 1.82) is 0 Å². The van der Waals surface area contributed by atoms with E-state index in [1.165, 1.54) is 6.07 Å². The Morgan fingerprint density at radius 2 is 2.19 bits per heavy atom. The Morgan fingerprint density at radius 3 is 2.91 bits per heavy atom. The van der Waals surface area contributed by atoms with Gasteiger partial charge in [0.05, 0.1) is 12.1 Å². The van der Waals surface area contributed by atoms with Crippen LogP contribution in [-0.4, -0.2) is 47.0 Å². The van der Waals surface area contributed by atoms with Crippen LogP contribution in [-0.2, 0) is 30.5 Å². The van der Waals surface area contributed by atoms with Crippen molar-refractivity contribution < 1.29 is 17.9 Å². The van der Waals surface area contributed by atoms with Crippen LogP contribution in [0.3, 0.4) is 0 Å². The molecular formula is C21H26F3IN6O. The maximum absolute atomic E-state index is 12.8. The summed E-state index contributed by atoms with van der Waals surface area (Å²) in [6, 6.07) is 5.08. The quantitative estimate of drug-likeness (QED) is 0.254. The molecular weight excluding hydrogens is 536 g/mol. The van der Waals surface area contributed by atoms with Gasteiger partial charge in [-0.05, 0) is 31.5 Å². The standard InChI is InChI=1S/C21H25F3N6O.HI/c1-3-25-20(26-11-5-7-15-6-4-8-16(12-15)21(22,23)24)27-17-9-10-19-28-18(14-31-2)29-30(19)13-17;/h4,6,8,12,17H,3,9-11,13-14H2,1-2H3,(H2,25,26,27);1H. The van der Waals surface area contributed by atoms with Gasteiger partial charge in [-0.15, -0.1) is 24.0 Å². The van der Waals surface area contributed by atoms with E-state index in [0.29, 0.717) is 37.0 Å². The number of alkyl halides is 3. The molecule has 1 aliphatic rings. The molecule has 32 heavy (non-hydrogen) atoms. The Bertz CT molecular complexity index is 980. The minimum atomic E-state index is -4.38. The molecule has 0 amide bonds. The smallest absolute Gasteiger partial charge is 0.377 e. The fourth-order valence-corrected chi connectivity index (χ4v) is 3.22. The first-order chi connectivity index (χ1) is 14.9. The first kappa shape index (κ1) is 25.9. The van der Waals surface area contributed by atoms with Gasteiger partial charge < -0.3 is 15.4 Å².